The summed E-state index contributed by atoms with van der Waals surface area (Å²) in [5.41, 5.74) is -0.354. The Morgan fingerprint density at radius 2 is 1.98 bits per heavy atom. The predicted molar refractivity (Wildman–Crippen MR) is 154 cm³/mol. The van der Waals surface area contributed by atoms with Crippen LogP contribution in [-0.4, -0.2) is 50.5 Å². The number of aromatic nitrogens is 3. The third-order valence-corrected chi connectivity index (χ3v) is 9.40. The molecule has 6 rings (SSSR count). The van der Waals surface area contributed by atoms with Crippen molar-refractivity contribution in [3.8, 4) is 5.75 Å². The van der Waals surface area contributed by atoms with Crippen LogP contribution in [0.5, 0.6) is 5.75 Å². The van der Waals surface area contributed by atoms with Gasteiger partial charge < -0.3 is 24.1 Å². The van der Waals surface area contributed by atoms with Crippen LogP contribution in [0.4, 0.5) is 0 Å². The normalized spacial score (nSPS) is 22.7. The maximum Gasteiger partial charge on any atom is 0.459 e. The lowest BCUT2D eigenvalue weighted by Gasteiger charge is -2.25. The first-order valence-corrected chi connectivity index (χ1v) is 15.3. The largest absolute Gasteiger partial charge is 0.460 e. The highest BCUT2D eigenvalue weighted by Crippen LogP contribution is 2.62. The van der Waals surface area contributed by atoms with Crippen LogP contribution in [0.3, 0.4) is 0 Å². The van der Waals surface area contributed by atoms with E-state index in [4.69, 9.17) is 18.5 Å². The molecule has 0 bridgehead atoms. The number of hydrogen-bond donors (Lipinski definition) is 4. The third kappa shape index (κ3) is 6.08. The van der Waals surface area contributed by atoms with E-state index in [1.165, 1.54) is 23.8 Å². The van der Waals surface area contributed by atoms with Gasteiger partial charge in [-0.3, -0.25) is 23.7 Å². The highest BCUT2D eigenvalue weighted by molar-refractivity contribution is 7.52. The molecular formula is C29H31N4O9P. The smallest absolute Gasteiger partial charge is 0.459 e. The molecule has 43 heavy (non-hydrogen) atoms. The van der Waals surface area contributed by atoms with Gasteiger partial charge in [-0.2, -0.15) is 5.09 Å². The van der Waals surface area contributed by atoms with Gasteiger partial charge in [-0.15, -0.1) is 0 Å². The van der Waals surface area contributed by atoms with Crippen LogP contribution in [0, 0.1) is 5.41 Å². The van der Waals surface area contributed by atoms with Crippen molar-refractivity contribution >= 4 is 24.6 Å². The van der Waals surface area contributed by atoms with Crippen LogP contribution in [0.25, 0.3) is 10.9 Å². The maximum absolute atomic E-state index is 14.1. The molecular weight excluding hydrogens is 579 g/mol. The summed E-state index contributed by atoms with van der Waals surface area (Å²) in [4.78, 5) is 42.1. The molecule has 14 heteroatoms. The molecule has 1 saturated heterocycles. The molecule has 1 aliphatic heterocycles. The van der Waals surface area contributed by atoms with Crippen LogP contribution in [0.1, 0.15) is 31.6 Å². The van der Waals surface area contributed by atoms with Crippen molar-refractivity contribution in [1.82, 2.24) is 19.6 Å². The van der Waals surface area contributed by atoms with Gasteiger partial charge in [0.15, 0.2) is 0 Å². The summed E-state index contributed by atoms with van der Waals surface area (Å²) in [5, 5.41) is 14.6. The molecule has 1 aliphatic carbocycles. The summed E-state index contributed by atoms with van der Waals surface area (Å²) < 4.78 is 38.4. The highest BCUT2D eigenvalue weighted by atomic mass is 31.2. The van der Waals surface area contributed by atoms with Gasteiger partial charge in [0, 0.05) is 34.8 Å². The van der Waals surface area contributed by atoms with E-state index in [1.807, 2.05) is 36.4 Å². The van der Waals surface area contributed by atoms with Crippen molar-refractivity contribution < 1.29 is 33.0 Å². The Morgan fingerprint density at radius 1 is 1.19 bits per heavy atom. The monoisotopic (exact) mass is 610 g/mol. The van der Waals surface area contributed by atoms with Gasteiger partial charge in [0.05, 0.1) is 12.7 Å². The second-order valence-electron chi connectivity index (χ2n) is 10.8. The number of carbonyl (C=O) groups excluding carboxylic acids is 1. The molecule has 0 amide bonds. The summed E-state index contributed by atoms with van der Waals surface area (Å²) in [6, 6.07) is 16.1. The van der Waals surface area contributed by atoms with Crippen molar-refractivity contribution in [2.75, 3.05) is 6.61 Å². The van der Waals surface area contributed by atoms with Crippen molar-refractivity contribution in [3.05, 3.63) is 99.5 Å². The number of aliphatic hydroxyl groups is 1. The first kappa shape index (κ1) is 29.1. The van der Waals surface area contributed by atoms with E-state index in [-0.39, 0.29) is 19.0 Å². The van der Waals surface area contributed by atoms with Crippen LogP contribution in [0.15, 0.2) is 82.6 Å². The molecule has 4 aromatic rings. The van der Waals surface area contributed by atoms with E-state index < -0.39 is 54.9 Å². The zero-order valence-corrected chi connectivity index (χ0v) is 24.1. The number of nitrogens with one attached hydrogen (secondary N) is 3. The quantitative estimate of drug-likeness (QED) is 0.146. The minimum absolute atomic E-state index is 0.0254. The van der Waals surface area contributed by atoms with E-state index in [2.05, 4.69) is 15.1 Å². The van der Waals surface area contributed by atoms with Crippen LogP contribution < -0.4 is 20.9 Å². The van der Waals surface area contributed by atoms with Gasteiger partial charge in [0.1, 0.15) is 30.7 Å². The highest BCUT2D eigenvalue weighted by Gasteiger charge is 2.64. The fourth-order valence-corrected chi connectivity index (χ4v) is 6.79. The maximum atomic E-state index is 14.1. The molecule has 0 radical (unpaired) electrons. The van der Waals surface area contributed by atoms with E-state index in [0.717, 1.165) is 16.5 Å². The number of esters is 1. The average molecular weight is 611 g/mol. The molecule has 226 valence electrons. The first-order chi connectivity index (χ1) is 20.7. The number of carbonyl (C=O) groups is 1. The lowest BCUT2D eigenvalue weighted by Crippen LogP contribution is -2.37. The van der Waals surface area contributed by atoms with Gasteiger partial charge >= 0.3 is 19.4 Å². The zero-order chi connectivity index (χ0) is 30.2. The standard InChI is InChI=1S/C29H31N4O9P/c1-18(26(36)39-16-19-5-3-2-4-6-19)32-43(38,42-21-7-8-22-20(15-21)9-13-30-22)40-17-23-25(35)29(11-12-29)27(41-23)33-14-10-24(34)31-28(33)37/h2-10,13-15,18,23,25,27,30,35H,11-12,16-17H2,1H3,(H,32,38)(H,31,34,37)/t18-,23+,25+,27+,43?/m0/s1. The fourth-order valence-electron chi connectivity index (χ4n) is 5.30. The Kier molecular flexibility index (Phi) is 7.84. The number of rotatable bonds is 11. The van der Waals surface area contributed by atoms with Crippen molar-refractivity contribution in [1.29, 1.82) is 0 Å². The molecule has 13 nitrogen and oxygen atoms in total. The average Bonchev–Trinajstić information content (AvgIpc) is 3.58. The number of nitrogens with zero attached hydrogens (tertiary/aromatic N) is 1. The number of benzene rings is 2. The van der Waals surface area contributed by atoms with E-state index in [0.29, 0.717) is 12.8 Å². The first-order valence-electron chi connectivity index (χ1n) is 13.8. The molecule has 3 heterocycles. The summed E-state index contributed by atoms with van der Waals surface area (Å²) in [6.45, 7) is 1.11. The van der Waals surface area contributed by atoms with Crippen molar-refractivity contribution in [2.24, 2.45) is 5.41 Å². The lowest BCUT2D eigenvalue weighted by atomic mass is 9.96. The van der Waals surface area contributed by atoms with Crippen LogP contribution in [0.2, 0.25) is 0 Å². The molecule has 5 atom stereocenters. The molecule has 2 aromatic carbocycles. The van der Waals surface area contributed by atoms with Crippen LogP contribution in [-0.2, 0) is 30.0 Å². The third-order valence-electron chi connectivity index (χ3n) is 7.76. The Labute approximate surface area is 245 Å². The SMILES string of the molecule is C[C@H](NP(=O)(OC[C@H]1O[C@@H](n2ccc(=O)[nH]c2=O)C2(CC2)[C@@H]1O)Oc1ccc2[nH]ccc2c1)C(=O)OCc1ccccc1. The minimum atomic E-state index is -4.28. The fraction of sp³-hybridized carbons (Fsp3) is 0.345. The molecule has 2 aromatic heterocycles. The number of fused-ring (bicyclic) bond motifs is 1. The van der Waals surface area contributed by atoms with Crippen molar-refractivity contribution in [3.63, 3.8) is 0 Å². The Hall–Kier alpha value is -4.00. The van der Waals surface area contributed by atoms with Crippen LogP contribution >= 0.6 is 7.75 Å². The van der Waals surface area contributed by atoms with Gasteiger partial charge in [-0.25, -0.2) is 9.36 Å². The molecule has 1 spiro atoms. The number of aromatic amines is 2. The molecule has 2 aliphatic rings. The molecule has 1 unspecified atom stereocenters. The van der Waals surface area contributed by atoms with Gasteiger partial charge in [-0.05, 0) is 49.6 Å². The summed E-state index contributed by atoms with van der Waals surface area (Å²) in [6.07, 6.45) is 1.31. The summed E-state index contributed by atoms with van der Waals surface area (Å²) >= 11 is 0. The Balaban J connectivity index is 1.19. The minimum Gasteiger partial charge on any atom is -0.460 e. The van der Waals surface area contributed by atoms with Gasteiger partial charge in [0.25, 0.3) is 5.56 Å². The van der Waals surface area contributed by atoms with E-state index in [1.54, 1.807) is 24.4 Å². The predicted octanol–water partition coefficient (Wildman–Crippen LogP) is 2.98. The Morgan fingerprint density at radius 3 is 2.72 bits per heavy atom. The zero-order valence-electron chi connectivity index (χ0n) is 23.2. The lowest BCUT2D eigenvalue weighted by molar-refractivity contribution is -0.146. The summed E-state index contributed by atoms with van der Waals surface area (Å²) in [7, 11) is -4.28. The summed E-state index contributed by atoms with van der Waals surface area (Å²) in [5.74, 6) is -0.457. The molecule has 1 saturated carbocycles. The number of H-pyrrole nitrogens is 2. The molecule has 2 fully saturated rings. The number of hydrogen-bond acceptors (Lipinski definition) is 9. The van der Waals surface area contributed by atoms with E-state index >= 15 is 0 Å². The number of aliphatic hydroxyl groups excluding tert-OH is 1. The second kappa shape index (κ2) is 11.6. The van der Waals surface area contributed by atoms with Gasteiger partial charge in [-0.1, -0.05) is 30.3 Å². The van der Waals surface area contributed by atoms with Crippen molar-refractivity contribution in [2.45, 2.75) is 50.8 Å². The molecule has 4 N–H and O–H groups in total. The van der Waals surface area contributed by atoms with Gasteiger partial charge in [0.2, 0.25) is 0 Å². The van der Waals surface area contributed by atoms with E-state index in [9.17, 15) is 24.1 Å². The topological polar surface area (TPSA) is 174 Å². The Bertz CT molecular complexity index is 1780. The second-order valence-corrected chi connectivity index (χ2v) is 12.5. The number of ether oxygens (including phenoxy) is 2.